The van der Waals surface area contributed by atoms with Gasteiger partial charge in [-0.3, -0.25) is 14.3 Å². The van der Waals surface area contributed by atoms with Crippen molar-refractivity contribution in [2.75, 3.05) is 0 Å². The number of carbonyl (C=O) groups is 2. The summed E-state index contributed by atoms with van der Waals surface area (Å²) in [4.78, 5) is 31.1. The van der Waals surface area contributed by atoms with Crippen LogP contribution in [0.5, 0.6) is 0 Å². The van der Waals surface area contributed by atoms with Gasteiger partial charge in [0.2, 0.25) is 5.91 Å². The van der Waals surface area contributed by atoms with E-state index in [-0.39, 0.29) is 24.0 Å². The second-order valence-electron chi connectivity index (χ2n) is 10.4. The zero-order chi connectivity index (χ0) is 26.2. The van der Waals surface area contributed by atoms with Gasteiger partial charge in [-0.1, -0.05) is 51.1 Å². The molecule has 9 nitrogen and oxygen atoms in total. The number of amides is 2. The van der Waals surface area contributed by atoms with Crippen LogP contribution in [0.1, 0.15) is 54.9 Å². The number of hydrogen-bond donors (Lipinski definition) is 2. The number of nitrogens with zero attached hydrogens (tertiary/aromatic N) is 5. The lowest BCUT2D eigenvalue weighted by Crippen LogP contribution is -2.53. The Hall–Kier alpha value is -4.08. The predicted molar refractivity (Wildman–Crippen MR) is 136 cm³/mol. The van der Waals surface area contributed by atoms with E-state index in [2.05, 4.69) is 25.8 Å². The summed E-state index contributed by atoms with van der Waals surface area (Å²) in [6.45, 7) is 7.10. The smallest absolute Gasteiger partial charge is 0.273 e. The molecule has 2 aromatic carbocycles. The summed E-state index contributed by atoms with van der Waals surface area (Å²) in [5, 5.41) is 15.5. The third kappa shape index (κ3) is 5.23. The van der Waals surface area contributed by atoms with Gasteiger partial charge in [-0.25, -0.2) is 14.1 Å². The number of hydrogen-bond acceptors (Lipinski definition) is 5. The molecule has 2 amide bonds. The summed E-state index contributed by atoms with van der Waals surface area (Å²) >= 11 is 0. The monoisotopic (exact) mass is 503 g/mol. The van der Waals surface area contributed by atoms with E-state index in [9.17, 15) is 14.0 Å². The number of aromatic nitrogens is 5. The molecule has 0 bridgehead atoms. The van der Waals surface area contributed by atoms with E-state index in [1.54, 1.807) is 16.8 Å². The van der Waals surface area contributed by atoms with Gasteiger partial charge in [-0.2, -0.15) is 10.2 Å². The topological polar surface area (TPSA) is 107 Å². The summed E-state index contributed by atoms with van der Waals surface area (Å²) in [7, 11) is 0. The van der Waals surface area contributed by atoms with Crippen molar-refractivity contribution in [3.8, 4) is 0 Å². The van der Waals surface area contributed by atoms with Gasteiger partial charge in [-0.05, 0) is 35.6 Å². The van der Waals surface area contributed by atoms with Crippen LogP contribution in [-0.2, 0) is 30.8 Å². The Morgan fingerprint density at radius 3 is 2.57 bits per heavy atom. The number of rotatable bonds is 7. The van der Waals surface area contributed by atoms with E-state index < -0.39 is 17.4 Å². The lowest BCUT2D eigenvalue weighted by Gasteiger charge is -2.30. The summed E-state index contributed by atoms with van der Waals surface area (Å²) in [5.74, 6) is 0.433. The maximum Gasteiger partial charge on any atom is 0.273 e. The lowest BCUT2D eigenvalue weighted by atomic mass is 9.86. The van der Waals surface area contributed by atoms with Crippen LogP contribution in [0.25, 0.3) is 10.9 Å². The molecular formula is C27H30FN7O2. The highest BCUT2D eigenvalue weighted by molar-refractivity contribution is 6.06. The predicted octanol–water partition coefficient (Wildman–Crippen LogP) is 3.22. The molecule has 0 spiro atoms. The van der Waals surface area contributed by atoms with Crippen LogP contribution < -0.4 is 10.6 Å². The van der Waals surface area contributed by atoms with Crippen LogP contribution in [-0.4, -0.2) is 42.4 Å². The zero-order valence-electron chi connectivity index (χ0n) is 21.2. The molecule has 0 saturated carbocycles. The molecule has 37 heavy (non-hydrogen) atoms. The molecule has 192 valence electrons. The number of fused-ring (bicyclic) bond motifs is 2. The van der Waals surface area contributed by atoms with Gasteiger partial charge in [0.1, 0.15) is 17.7 Å². The van der Waals surface area contributed by atoms with Crippen molar-refractivity contribution in [2.45, 2.75) is 59.3 Å². The van der Waals surface area contributed by atoms with Crippen molar-refractivity contribution in [1.82, 2.24) is 35.2 Å². The van der Waals surface area contributed by atoms with Crippen molar-refractivity contribution >= 4 is 22.7 Å². The summed E-state index contributed by atoms with van der Waals surface area (Å²) < 4.78 is 16.9. The first-order valence-corrected chi connectivity index (χ1v) is 12.4. The molecule has 0 fully saturated rings. The summed E-state index contributed by atoms with van der Waals surface area (Å²) in [6, 6.07) is 12.8. The van der Waals surface area contributed by atoms with Gasteiger partial charge in [0.15, 0.2) is 11.5 Å². The second kappa shape index (κ2) is 9.76. The van der Waals surface area contributed by atoms with Gasteiger partial charge in [-0.15, -0.1) is 0 Å². The number of halogens is 1. The Labute approximate surface area is 214 Å². The minimum absolute atomic E-state index is 0.191. The third-order valence-electron chi connectivity index (χ3n) is 6.51. The number of para-hydroxylation sites is 1. The van der Waals surface area contributed by atoms with Crippen molar-refractivity contribution in [2.24, 2.45) is 5.41 Å². The van der Waals surface area contributed by atoms with Crippen LogP contribution in [0.3, 0.4) is 0 Å². The molecule has 0 saturated heterocycles. The molecule has 3 heterocycles. The van der Waals surface area contributed by atoms with Crippen molar-refractivity contribution in [1.29, 1.82) is 0 Å². The van der Waals surface area contributed by atoms with E-state index in [1.807, 2.05) is 49.7 Å². The van der Waals surface area contributed by atoms with E-state index >= 15 is 0 Å². The van der Waals surface area contributed by atoms with E-state index in [1.165, 1.54) is 12.1 Å². The lowest BCUT2D eigenvalue weighted by molar-refractivity contribution is -0.125. The van der Waals surface area contributed by atoms with Crippen molar-refractivity contribution < 1.29 is 14.0 Å². The third-order valence-corrected chi connectivity index (χ3v) is 6.51. The Morgan fingerprint density at radius 1 is 1.08 bits per heavy atom. The van der Waals surface area contributed by atoms with Crippen LogP contribution in [0, 0.1) is 11.2 Å². The SMILES string of the molecule is CC(C)(C)[C@H](NC(=O)c1nn(Cc2ccc(F)cc2)c2ccccc12)C(=O)NCc1nc2n(n1)CCC2. The molecule has 0 unspecified atom stereocenters. The normalized spacial score (nSPS) is 13.9. The molecule has 1 aliphatic rings. The van der Waals surface area contributed by atoms with Crippen molar-refractivity contribution in [3.05, 3.63) is 77.3 Å². The Balaban J connectivity index is 1.34. The Morgan fingerprint density at radius 2 is 1.84 bits per heavy atom. The zero-order valence-corrected chi connectivity index (χ0v) is 21.2. The van der Waals surface area contributed by atoms with Crippen LogP contribution in [0.2, 0.25) is 0 Å². The molecule has 0 aliphatic carbocycles. The van der Waals surface area contributed by atoms with E-state index in [0.717, 1.165) is 36.3 Å². The van der Waals surface area contributed by atoms with Crippen molar-refractivity contribution in [3.63, 3.8) is 0 Å². The van der Waals surface area contributed by atoms with Crippen LogP contribution in [0.15, 0.2) is 48.5 Å². The minimum atomic E-state index is -0.810. The molecule has 2 N–H and O–H groups in total. The second-order valence-corrected chi connectivity index (χ2v) is 10.4. The number of benzene rings is 2. The maximum absolute atomic E-state index is 13.5. The van der Waals surface area contributed by atoms with Gasteiger partial charge < -0.3 is 10.6 Å². The number of carbonyl (C=O) groups excluding carboxylic acids is 2. The van der Waals surface area contributed by atoms with Gasteiger partial charge in [0, 0.05) is 18.4 Å². The first-order chi connectivity index (χ1) is 17.7. The minimum Gasteiger partial charge on any atom is -0.347 e. The fourth-order valence-electron chi connectivity index (χ4n) is 4.57. The average molecular weight is 504 g/mol. The number of aryl methyl sites for hydroxylation is 2. The van der Waals surface area contributed by atoms with E-state index in [4.69, 9.17) is 0 Å². The summed E-state index contributed by atoms with van der Waals surface area (Å²) in [6.07, 6.45) is 1.93. The molecule has 0 radical (unpaired) electrons. The Bertz CT molecular complexity index is 1430. The molecule has 5 rings (SSSR count). The van der Waals surface area contributed by atoms with E-state index in [0.29, 0.717) is 17.8 Å². The largest absolute Gasteiger partial charge is 0.347 e. The standard InChI is InChI=1S/C27H30FN7O2/c1-27(2,3)24(26(37)29-15-21-30-22-9-6-14-34(22)32-21)31-25(36)23-19-7-4-5-8-20(19)35(33-23)16-17-10-12-18(28)13-11-17/h4-5,7-8,10-13,24H,6,9,14-16H2,1-3H3,(H,29,37)(H,31,36)/t24-/m1/s1. The summed E-state index contributed by atoms with van der Waals surface area (Å²) in [5.41, 5.74) is 1.29. The van der Waals surface area contributed by atoms with Gasteiger partial charge in [0.25, 0.3) is 5.91 Å². The number of nitrogens with one attached hydrogen (secondary N) is 2. The first kappa shape index (κ1) is 24.6. The molecule has 4 aromatic rings. The Kier molecular flexibility index (Phi) is 6.49. The highest BCUT2D eigenvalue weighted by atomic mass is 19.1. The maximum atomic E-state index is 13.5. The van der Waals surface area contributed by atoms with Crippen LogP contribution in [0.4, 0.5) is 4.39 Å². The molecule has 10 heteroatoms. The molecular weight excluding hydrogens is 473 g/mol. The van der Waals surface area contributed by atoms with Gasteiger partial charge >= 0.3 is 0 Å². The fourth-order valence-corrected chi connectivity index (χ4v) is 4.57. The molecule has 1 aliphatic heterocycles. The molecule has 2 aromatic heterocycles. The fraction of sp³-hybridized carbons (Fsp3) is 0.370. The first-order valence-electron chi connectivity index (χ1n) is 12.4. The quantitative estimate of drug-likeness (QED) is 0.403. The molecule has 1 atom stereocenters. The highest BCUT2D eigenvalue weighted by Crippen LogP contribution is 2.23. The highest BCUT2D eigenvalue weighted by Gasteiger charge is 2.34. The van der Waals surface area contributed by atoms with Crippen LogP contribution >= 0.6 is 0 Å². The average Bonchev–Trinajstić information content (AvgIpc) is 3.55. The van der Waals surface area contributed by atoms with Gasteiger partial charge in [0.05, 0.1) is 18.6 Å².